The van der Waals surface area contributed by atoms with Crippen LogP contribution < -0.4 is 10.0 Å². The summed E-state index contributed by atoms with van der Waals surface area (Å²) in [6.07, 6.45) is 2.69. The van der Waals surface area contributed by atoms with E-state index in [1.807, 2.05) is 0 Å². The first-order valence-corrected chi connectivity index (χ1v) is 8.06. The van der Waals surface area contributed by atoms with Crippen molar-refractivity contribution < 1.29 is 17.9 Å². The van der Waals surface area contributed by atoms with E-state index in [0.717, 1.165) is 19.4 Å². The van der Waals surface area contributed by atoms with Crippen LogP contribution in [0.25, 0.3) is 0 Å². The first-order valence-electron chi connectivity index (χ1n) is 6.41. The van der Waals surface area contributed by atoms with Crippen molar-refractivity contribution in [3.63, 3.8) is 0 Å². The average Bonchev–Trinajstić information content (AvgIpc) is 2.80. The lowest BCUT2D eigenvalue weighted by Crippen LogP contribution is -2.37. The Balaban J connectivity index is 2.02. The van der Waals surface area contributed by atoms with Crippen LogP contribution in [0.4, 0.5) is 0 Å². The molecule has 1 saturated heterocycles. The summed E-state index contributed by atoms with van der Waals surface area (Å²) in [5.74, 6) is 0.178. The molecule has 0 saturated carbocycles. The van der Waals surface area contributed by atoms with Crippen molar-refractivity contribution in [2.75, 3.05) is 45.8 Å². The smallest absolute Gasteiger partial charge is 0.213 e. The van der Waals surface area contributed by atoms with Crippen molar-refractivity contribution in [1.29, 1.82) is 0 Å². The van der Waals surface area contributed by atoms with Gasteiger partial charge in [-0.25, -0.2) is 13.1 Å². The Morgan fingerprint density at radius 3 is 2.83 bits per heavy atom. The van der Waals surface area contributed by atoms with Crippen LogP contribution in [0, 0.1) is 0 Å². The van der Waals surface area contributed by atoms with Crippen LogP contribution in [-0.2, 0) is 19.5 Å². The van der Waals surface area contributed by atoms with Gasteiger partial charge in [0.05, 0.1) is 19.0 Å². The molecule has 0 aromatic rings. The molecule has 0 aliphatic carbocycles. The van der Waals surface area contributed by atoms with E-state index in [1.165, 1.54) is 0 Å². The molecule has 1 aliphatic rings. The highest BCUT2D eigenvalue weighted by atomic mass is 32.2. The summed E-state index contributed by atoms with van der Waals surface area (Å²) in [5, 5.41) is 3.18. The number of hydrogen-bond acceptors (Lipinski definition) is 5. The molecule has 0 spiro atoms. The number of rotatable bonds is 10. The highest BCUT2D eigenvalue weighted by molar-refractivity contribution is 7.89. The molecule has 1 fully saturated rings. The van der Waals surface area contributed by atoms with Gasteiger partial charge in [-0.05, 0) is 25.8 Å². The van der Waals surface area contributed by atoms with Crippen LogP contribution in [0.2, 0.25) is 0 Å². The third-order valence-electron chi connectivity index (χ3n) is 2.80. The maximum absolute atomic E-state index is 11.7. The molecule has 1 rings (SSSR count). The Bertz CT molecular complexity index is 302. The minimum absolute atomic E-state index is 0.112. The molecule has 0 radical (unpaired) electrons. The summed E-state index contributed by atoms with van der Waals surface area (Å²) in [4.78, 5) is 0. The van der Waals surface area contributed by atoms with Gasteiger partial charge in [-0.1, -0.05) is 0 Å². The van der Waals surface area contributed by atoms with Crippen molar-refractivity contribution in [2.45, 2.75) is 25.3 Å². The fourth-order valence-corrected chi connectivity index (χ4v) is 3.26. The van der Waals surface area contributed by atoms with Crippen molar-refractivity contribution in [2.24, 2.45) is 0 Å². The minimum Gasteiger partial charge on any atom is -0.382 e. The van der Waals surface area contributed by atoms with E-state index in [4.69, 9.17) is 9.47 Å². The molecule has 0 bridgehead atoms. The zero-order chi connectivity index (χ0) is 13.3. The largest absolute Gasteiger partial charge is 0.382 e. The number of hydrogen-bond donors (Lipinski definition) is 2. The summed E-state index contributed by atoms with van der Waals surface area (Å²) in [6, 6.07) is 0.112. The van der Waals surface area contributed by atoms with Crippen LogP contribution >= 0.6 is 0 Å². The summed E-state index contributed by atoms with van der Waals surface area (Å²) in [5.41, 5.74) is 0. The second kappa shape index (κ2) is 8.82. The van der Waals surface area contributed by atoms with Crippen LogP contribution in [0.1, 0.15) is 19.3 Å². The summed E-state index contributed by atoms with van der Waals surface area (Å²) in [7, 11) is -1.54. The molecule has 1 aliphatic heterocycles. The van der Waals surface area contributed by atoms with Crippen molar-refractivity contribution >= 4 is 10.0 Å². The Morgan fingerprint density at radius 1 is 1.33 bits per heavy atom. The second-order valence-electron chi connectivity index (χ2n) is 4.43. The molecule has 0 aromatic heterocycles. The first-order chi connectivity index (χ1) is 8.64. The molecular weight excluding hydrogens is 256 g/mol. The summed E-state index contributed by atoms with van der Waals surface area (Å²) >= 11 is 0. The fourth-order valence-electron chi connectivity index (χ4n) is 1.87. The number of methoxy groups -OCH3 is 1. The lowest BCUT2D eigenvalue weighted by atomic mass is 10.3. The van der Waals surface area contributed by atoms with Gasteiger partial charge in [0.2, 0.25) is 10.0 Å². The lowest BCUT2D eigenvalue weighted by Gasteiger charge is -2.11. The predicted molar refractivity (Wildman–Crippen MR) is 70.1 cm³/mol. The quantitative estimate of drug-likeness (QED) is 0.538. The van der Waals surface area contributed by atoms with Gasteiger partial charge in [-0.2, -0.15) is 0 Å². The van der Waals surface area contributed by atoms with E-state index in [1.54, 1.807) is 7.11 Å². The van der Waals surface area contributed by atoms with Crippen LogP contribution in [-0.4, -0.2) is 60.2 Å². The van der Waals surface area contributed by atoms with Gasteiger partial charge in [0.1, 0.15) is 0 Å². The van der Waals surface area contributed by atoms with Gasteiger partial charge in [0.25, 0.3) is 0 Å². The summed E-state index contributed by atoms with van der Waals surface area (Å²) < 4.78 is 36.1. The van der Waals surface area contributed by atoms with Crippen molar-refractivity contribution in [3.05, 3.63) is 0 Å². The standard InChI is InChI=1S/C11H24N2O4S/c1-16-8-9-17-7-3-6-13-18(14,15)10-11-4-2-5-12-11/h11-13H,2-10H2,1H3. The molecule has 1 heterocycles. The van der Waals surface area contributed by atoms with E-state index >= 15 is 0 Å². The van der Waals surface area contributed by atoms with Gasteiger partial charge in [0.15, 0.2) is 0 Å². The minimum atomic E-state index is -3.16. The SMILES string of the molecule is COCCOCCCNS(=O)(=O)CC1CCCN1. The molecular formula is C11H24N2O4S. The topological polar surface area (TPSA) is 76.7 Å². The lowest BCUT2D eigenvalue weighted by molar-refractivity contribution is 0.0699. The molecule has 1 unspecified atom stereocenters. The third kappa shape index (κ3) is 7.27. The fraction of sp³-hybridized carbons (Fsp3) is 1.00. The van der Waals surface area contributed by atoms with Crippen molar-refractivity contribution in [1.82, 2.24) is 10.0 Å². The Morgan fingerprint density at radius 2 is 2.17 bits per heavy atom. The average molecular weight is 280 g/mol. The van der Waals surface area contributed by atoms with Gasteiger partial charge >= 0.3 is 0 Å². The van der Waals surface area contributed by atoms with Gasteiger partial charge < -0.3 is 14.8 Å². The van der Waals surface area contributed by atoms with Gasteiger partial charge in [-0.3, -0.25) is 0 Å². The molecule has 7 heteroatoms. The molecule has 1 atom stereocenters. The normalized spacial score (nSPS) is 20.4. The molecule has 0 amide bonds. The highest BCUT2D eigenvalue weighted by Gasteiger charge is 2.21. The zero-order valence-electron chi connectivity index (χ0n) is 11.0. The predicted octanol–water partition coefficient (Wildman–Crippen LogP) is -0.289. The number of sulfonamides is 1. The zero-order valence-corrected chi connectivity index (χ0v) is 11.8. The van der Waals surface area contributed by atoms with E-state index < -0.39 is 10.0 Å². The Kier molecular flexibility index (Phi) is 7.76. The van der Waals surface area contributed by atoms with E-state index in [-0.39, 0.29) is 11.8 Å². The molecule has 2 N–H and O–H groups in total. The van der Waals surface area contributed by atoms with E-state index in [0.29, 0.717) is 32.8 Å². The first kappa shape index (κ1) is 15.8. The number of ether oxygens (including phenoxy) is 2. The Hall–Kier alpha value is -0.210. The summed E-state index contributed by atoms with van der Waals surface area (Å²) in [6.45, 7) is 3.03. The molecule has 0 aromatic carbocycles. The van der Waals surface area contributed by atoms with Gasteiger partial charge in [0, 0.05) is 26.3 Å². The van der Waals surface area contributed by atoms with E-state index in [9.17, 15) is 8.42 Å². The second-order valence-corrected chi connectivity index (χ2v) is 6.28. The highest BCUT2D eigenvalue weighted by Crippen LogP contribution is 2.06. The van der Waals surface area contributed by atoms with Crippen molar-refractivity contribution in [3.8, 4) is 0 Å². The van der Waals surface area contributed by atoms with Crippen LogP contribution in [0.15, 0.2) is 0 Å². The van der Waals surface area contributed by atoms with Gasteiger partial charge in [-0.15, -0.1) is 0 Å². The monoisotopic (exact) mass is 280 g/mol. The number of nitrogens with one attached hydrogen (secondary N) is 2. The maximum atomic E-state index is 11.7. The van der Waals surface area contributed by atoms with Crippen LogP contribution in [0.3, 0.4) is 0 Å². The molecule has 108 valence electrons. The molecule has 18 heavy (non-hydrogen) atoms. The maximum Gasteiger partial charge on any atom is 0.213 e. The van der Waals surface area contributed by atoms with Crippen LogP contribution in [0.5, 0.6) is 0 Å². The molecule has 6 nitrogen and oxygen atoms in total. The third-order valence-corrected chi connectivity index (χ3v) is 4.29. The Labute approximate surface area is 109 Å². The van der Waals surface area contributed by atoms with E-state index in [2.05, 4.69) is 10.0 Å².